The number of aromatic nitrogens is 1. The molecule has 0 saturated heterocycles. The average Bonchev–Trinajstić information content (AvgIpc) is 2.45. The lowest BCUT2D eigenvalue weighted by molar-refractivity contribution is 0.424. The van der Waals surface area contributed by atoms with Crippen molar-refractivity contribution in [2.75, 3.05) is 18.0 Å². The minimum absolute atomic E-state index is 0.146. The molecular formula is C18H33N3. The van der Waals surface area contributed by atoms with Gasteiger partial charge in [-0.1, -0.05) is 26.7 Å². The summed E-state index contributed by atoms with van der Waals surface area (Å²) in [4.78, 5) is 7.03. The highest BCUT2D eigenvalue weighted by Crippen LogP contribution is 2.15. The second-order valence-corrected chi connectivity index (χ2v) is 6.82. The van der Waals surface area contributed by atoms with Crippen molar-refractivity contribution in [2.24, 2.45) is 0 Å². The molecule has 0 spiro atoms. The van der Waals surface area contributed by atoms with Gasteiger partial charge in [0.15, 0.2) is 0 Å². The van der Waals surface area contributed by atoms with Gasteiger partial charge in [-0.25, -0.2) is 4.98 Å². The molecule has 1 aromatic rings. The van der Waals surface area contributed by atoms with Gasteiger partial charge in [-0.2, -0.15) is 0 Å². The van der Waals surface area contributed by atoms with Crippen LogP contribution in [0.15, 0.2) is 18.3 Å². The second-order valence-electron chi connectivity index (χ2n) is 6.82. The van der Waals surface area contributed by atoms with Crippen LogP contribution in [0.5, 0.6) is 0 Å². The van der Waals surface area contributed by atoms with Gasteiger partial charge in [-0.3, -0.25) is 0 Å². The Bertz CT molecular complexity index is 388. The maximum Gasteiger partial charge on any atom is 0.128 e. The zero-order chi connectivity index (χ0) is 15.7. The molecule has 0 atom stereocenters. The molecule has 0 aliphatic rings. The number of nitrogens with zero attached hydrogens (tertiary/aromatic N) is 2. The van der Waals surface area contributed by atoms with E-state index in [0.29, 0.717) is 0 Å². The third kappa shape index (κ3) is 7.47. The fourth-order valence-electron chi connectivity index (χ4n) is 2.15. The maximum atomic E-state index is 4.59. The van der Waals surface area contributed by atoms with Crippen LogP contribution in [-0.2, 0) is 6.54 Å². The first-order chi connectivity index (χ1) is 9.96. The zero-order valence-electron chi connectivity index (χ0n) is 14.6. The number of unbranched alkanes of at least 4 members (excludes halogenated alkanes) is 2. The van der Waals surface area contributed by atoms with Gasteiger partial charge >= 0.3 is 0 Å². The highest BCUT2D eigenvalue weighted by atomic mass is 15.2. The van der Waals surface area contributed by atoms with Crippen LogP contribution in [0, 0.1) is 0 Å². The van der Waals surface area contributed by atoms with Gasteiger partial charge in [0.25, 0.3) is 0 Å². The van der Waals surface area contributed by atoms with E-state index >= 15 is 0 Å². The first-order valence-corrected chi connectivity index (χ1v) is 8.41. The molecule has 0 unspecified atom stereocenters. The molecule has 0 fully saturated rings. The average molecular weight is 291 g/mol. The molecular weight excluding hydrogens is 258 g/mol. The Morgan fingerprint density at radius 2 is 1.71 bits per heavy atom. The summed E-state index contributed by atoms with van der Waals surface area (Å²) in [5.74, 6) is 1.13. The molecule has 0 aliphatic carbocycles. The monoisotopic (exact) mass is 291 g/mol. The second kappa shape index (κ2) is 9.04. The molecule has 3 nitrogen and oxygen atoms in total. The van der Waals surface area contributed by atoms with Gasteiger partial charge in [0.1, 0.15) is 5.82 Å². The molecule has 0 aromatic carbocycles. The number of hydrogen-bond acceptors (Lipinski definition) is 3. The summed E-state index contributed by atoms with van der Waals surface area (Å²) in [5.41, 5.74) is 1.46. The standard InChI is InChI=1S/C18H33N3/c1-6-8-12-21(13-9-7-2)17-14-16(10-11-19-17)15-20-18(3,4)5/h10-11,14,20H,6-9,12-13,15H2,1-5H3. The lowest BCUT2D eigenvalue weighted by Gasteiger charge is -2.25. The summed E-state index contributed by atoms with van der Waals surface area (Å²) in [6.45, 7) is 14.2. The molecule has 1 heterocycles. The molecule has 1 rings (SSSR count). The third-order valence-electron chi connectivity index (χ3n) is 3.52. The van der Waals surface area contributed by atoms with Crippen LogP contribution in [0.4, 0.5) is 5.82 Å². The Kier molecular flexibility index (Phi) is 7.73. The largest absolute Gasteiger partial charge is 0.357 e. The van der Waals surface area contributed by atoms with Crippen molar-refractivity contribution < 1.29 is 0 Å². The summed E-state index contributed by atoms with van der Waals surface area (Å²) in [6.07, 6.45) is 6.87. The Morgan fingerprint density at radius 3 is 2.24 bits per heavy atom. The summed E-state index contributed by atoms with van der Waals surface area (Å²) >= 11 is 0. The van der Waals surface area contributed by atoms with Crippen LogP contribution in [0.1, 0.15) is 65.9 Å². The molecule has 0 saturated carbocycles. The van der Waals surface area contributed by atoms with Crippen molar-refractivity contribution in [1.82, 2.24) is 10.3 Å². The van der Waals surface area contributed by atoms with E-state index in [1.165, 1.54) is 31.2 Å². The summed E-state index contributed by atoms with van der Waals surface area (Å²) in [7, 11) is 0. The number of pyridine rings is 1. The van der Waals surface area contributed by atoms with Crippen LogP contribution >= 0.6 is 0 Å². The first-order valence-electron chi connectivity index (χ1n) is 8.41. The Hall–Kier alpha value is -1.09. The molecule has 0 aliphatic heterocycles. The van der Waals surface area contributed by atoms with Gasteiger partial charge in [0.2, 0.25) is 0 Å². The summed E-state index contributed by atoms with van der Waals surface area (Å²) in [6, 6.07) is 4.35. The number of nitrogens with one attached hydrogen (secondary N) is 1. The molecule has 21 heavy (non-hydrogen) atoms. The molecule has 1 aromatic heterocycles. The van der Waals surface area contributed by atoms with E-state index in [9.17, 15) is 0 Å². The molecule has 0 radical (unpaired) electrons. The van der Waals surface area contributed by atoms with Crippen molar-refractivity contribution in [1.29, 1.82) is 0 Å². The number of anilines is 1. The summed E-state index contributed by atoms with van der Waals surface area (Å²) < 4.78 is 0. The van der Waals surface area contributed by atoms with Crippen LogP contribution in [0.2, 0.25) is 0 Å². The predicted molar refractivity (Wildman–Crippen MR) is 92.9 cm³/mol. The van der Waals surface area contributed by atoms with Crippen LogP contribution in [-0.4, -0.2) is 23.6 Å². The van der Waals surface area contributed by atoms with E-state index in [4.69, 9.17) is 0 Å². The fraction of sp³-hybridized carbons (Fsp3) is 0.722. The molecule has 0 bridgehead atoms. The number of rotatable bonds is 9. The molecule has 0 amide bonds. The van der Waals surface area contributed by atoms with Crippen LogP contribution < -0.4 is 10.2 Å². The van der Waals surface area contributed by atoms with E-state index in [2.05, 4.69) is 62.0 Å². The van der Waals surface area contributed by atoms with E-state index in [1.807, 2.05) is 6.20 Å². The van der Waals surface area contributed by atoms with Gasteiger partial charge in [-0.15, -0.1) is 0 Å². The topological polar surface area (TPSA) is 28.2 Å². The minimum atomic E-state index is 0.146. The van der Waals surface area contributed by atoms with Gasteiger partial charge in [0.05, 0.1) is 0 Å². The third-order valence-corrected chi connectivity index (χ3v) is 3.52. The lowest BCUT2D eigenvalue weighted by Crippen LogP contribution is -2.35. The normalized spacial score (nSPS) is 11.7. The van der Waals surface area contributed by atoms with E-state index in [1.54, 1.807) is 0 Å². The van der Waals surface area contributed by atoms with Gasteiger partial charge < -0.3 is 10.2 Å². The predicted octanol–water partition coefficient (Wildman–Crippen LogP) is 4.38. The Labute approximate surface area is 131 Å². The lowest BCUT2D eigenvalue weighted by atomic mass is 10.1. The SMILES string of the molecule is CCCCN(CCCC)c1cc(CNC(C)(C)C)ccn1. The maximum absolute atomic E-state index is 4.59. The van der Waals surface area contributed by atoms with Crippen molar-refractivity contribution in [2.45, 2.75) is 72.4 Å². The van der Waals surface area contributed by atoms with Crippen molar-refractivity contribution in [3.05, 3.63) is 23.9 Å². The highest BCUT2D eigenvalue weighted by Gasteiger charge is 2.11. The quantitative estimate of drug-likeness (QED) is 0.732. The van der Waals surface area contributed by atoms with Crippen LogP contribution in [0.25, 0.3) is 0 Å². The van der Waals surface area contributed by atoms with Crippen molar-refractivity contribution >= 4 is 5.82 Å². The van der Waals surface area contributed by atoms with Crippen molar-refractivity contribution in [3.63, 3.8) is 0 Å². The number of hydrogen-bond donors (Lipinski definition) is 1. The smallest absolute Gasteiger partial charge is 0.128 e. The fourth-order valence-corrected chi connectivity index (χ4v) is 2.15. The first kappa shape index (κ1) is 18.0. The molecule has 3 heteroatoms. The van der Waals surface area contributed by atoms with Crippen molar-refractivity contribution in [3.8, 4) is 0 Å². The Balaban J connectivity index is 2.73. The van der Waals surface area contributed by atoms with Gasteiger partial charge in [-0.05, 0) is 51.3 Å². The van der Waals surface area contributed by atoms with Crippen LogP contribution in [0.3, 0.4) is 0 Å². The minimum Gasteiger partial charge on any atom is -0.357 e. The Morgan fingerprint density at radius 1 is 1.10 bits per heavy atom. The van der Waals surface area contributed by atoms with E-state index in [-0.39, 0.29) is 5.54 Å². The van der Waals surface area contributed by atoms with Gasteiger partial charge in [0, 0.05) is 31.4 Å². The highest BCUT2D eigenvalue weighted by molar-refractivity contribution is 5.41. The van der Waals surface area contributed by atoms with E-state index < -0.39 is 0 Å². The molecule has 120 valence electrons. The van der Waals surface area contributed by atoms with E-state index in [0.717, 1.165) is 25.5 Å². The molecule has 1 N–H and O–H groups in total. The zero-order valence-corrected chi connectivity index (χ0v) is 14.6. The summed E-state index contributed by atoms with van der Waals surface area (Å²) in [5, 5.41) is 3.54.